The molecule has 1 N–H and O–H groups in total. The summed E-state index contributed by atoms with van der Waals surface area (Å²) in [6, 6.07) is 9.65. The van der Waals surface area contributed by atoms with Crippen LogP contribution in [0.4, 0.5) is 8.78 Å². The van der Waals surface area contributed by atoms with Crippen LogP contribution in [-0.4, -0.2) is 11.7 Å². The van der Waals surface area contributed by atoms with Crippen molar-refractivity contribution in [3.8, 4) is 11.8 Å². The molecule has 0 saturated heterocycles. The van der Waals surface area contributed by atoms with Gasteiger partial charge in [0, 0.05) is 0 Å². The molecule has 3 nitrogen and oxygen atoms in total. The van der Waals surface area contributed by atoms with Crippen molar-refractivity contribution < 1.29 is 18.6 Å². The molecule has 0 radical (unpaired) electrons. The number of aliphatic hydroxyl groups is 1. The highest BCUT2D eigenvalue weighted by molar-refractivity contribution is 6.31. The second-order valence-electron chi connectivity index (χ2n) is 4.23. The smallest absolute Gasteiger partial charge is 0.159 e. The SMILES string of the molecule is N#Cc1c(Cl)cccc1OCC(O)c1ccc(F)c(F)c1. The van der Waals surface area contributed by atoms with E-state index >= 15 is 0 Å². The zero-order valence-corrected chi connectivity index (χ0v) is 11.4. The molecule has 0 bridgehead atoms. The number of aliphatic hydroxyl groups excluding tert-OH is 1. The van der Waals surface area contributed by atoms with Crippen LogP contribution in [0.1, 0.15) is 17.2 Å². The van der Waals surface area contributed by atoms with Crippen LogP contribution in [0.3, 0.4) is 0 Å². The Balaban J connectivity index is 2.11. The maximum absolute atomic E-state index is 13.1. The number of hydrogen-bond donors (Lipinski definition) is 1. The Bertz CT molecular complexity index is 701. The van der Waals surface area contributed by atoms with Crippen LogP contribution in [-0.2, 0) is 0 Å². The molecule has 0 aliphatic heterocycles. The molecule has 1 atom stereocenters. The first-order chi connectivity index (χ1) is 10.0. The van der Waals surface area contributed by atoms with Gasteiger partial charge in [0.1, 0.15) is 30.1 Å². The van der Waals surface area contributed by atoms with E-state index in [-0.39, 0.29) is 28.5 Å². The summed E-state index contributed by atoms with van der Waals surface area (Å²) < 4.78 is 31.2. The lowest BCUT2D eigenvalue weighted by molar-refractivity contribution is 0.107. The number of rotatable bonds is 4. The third-order valence-corrected chi connectivity index (χ3v) is 3.13. The van der Waals surface area contributed by atoms with Crippen LogP contribution in [0.2, 0.25) is 5.02 Å². The third-order valence-electron chi connectivity index (χ3n) is 2.81. The number of nitrogens with zero attached hydrogens (tertiary/aromatic N) is 1. The van der Waals surface area contributed by atoms with Crippen LogP contribution < -0.4 is 4.74 Å². The first kappa shape index (κ1) is 15.2. The Morgan fingerprint density at radius 3 is 2.67 bits per heavy atom. The van der Waals surface area contributed by atoms with Gasteiger partial charge in [0.2, 0.25) is 0 Å². The van der Waals surface area contributed by atoms with Gasteiger partial charge in [-0.15, -0.1) is 0 Å². The molecule has 0 heterocycles. The van der Waals surface area contributed by atoms with Crippen LogP contribution in [0.5, 0.6) is 5.75 Å². The molecule has 0 aromatic heterocycles. The summed E-state index contributed by atoms with van der Waals surface area (Å²) in [7, 11) is 0. The molecule has 6 heteroatoms. The molecular formula is C15H10ClF2NO2. The fraction of sp³-hybridized carbons (Fsp3) is 0.133. The van der Waals surface area contributed by atoms with Crippen molar-refractivity contribution >= 4 is 11.6 Å². The summed E-state index contributed by atoms with van der Waals surface area (Å²) in [6.45, 7) is -0.222. The lowest BCUT2D eigenvalue weighted by Crippen LogP contribution is -2.11. The number of nitriles is 1. The molecular weight excluding hydrogens is 300 g/mol. The van der Waals surface area contributed by atoms with Gasteiger partial charge in [0.15, 0.2) is 11.6 Å². The molecule has 2 rings (SSSR count). The average Bonchev–Trinajstić information content (AvgIpc) is 2.47. The van der Waals surface area contributed by atoms with E-state index in [0.717, 1.165) is 12.1 Å². The van der Waals surface area contributed by atoms with E-state index in [1.165, 1.54) is 12.1 Å². The van der Waals surface area contributed by atoms with Gasteiger partial charge in [-0.1, -0.05) is 23.7 Å². The van der Waals surface area contributed by atoms with Crippen molar-refractivity contribution in [2.45, 2.75) is 6.10 Å². The summed E-state index contributed by atoms with van der Waals surface area (Å²) in [5.41, 5.74) is 0.325. The Labute approximate surface area is 125 Å². The molecule has 0 saturated carbocycles. The summed E-state index contributed by atoms with van der Waals surface area (Å²) >= 11 is 5.84. The second kappa shape index (κ2) is 6.53. The van der Waals surface area contributed by atoms with Crippen molar-refractivity contribution in [3.63, 3.8) is 0 Å². The van der Waals surface area contributed by atoms with Crippen molar-refractivity contribution in [2.24, 2.45) is 0 Å². The number of halogens is 3. The van der Waals surface area contributed by atoms with E-state index in [1.54, 1.807) is 12.1 Å². The highest BCUT2D eigenvalue weighted by Gasteiger charge is 2.14. The van der Waals surface area contributed by atoms with Gasteiger partial charge in [-0.05, 0) is 29.8 Å². The highest BCUT2D eigenvalue weighted by atomic mass is 35.5. The average molecular weight is 310 g/mol. The molecule has 108 valence electrons. The van der Waals surface area contributed by atoms with E-state index in [1.807, 2.05) is 6.07 Å². The van der Waals surface area contributed by atoms with Crippen LogP contribution in [0.25, 0.3) is 0 Å². The molecule has 0 fully saturated rings. The van der Waals surface area contributed by atoms with Crippen molar-refractivity contribution in [2.75, 3.05) is 6.61 Å². The zero-order chi connectivity index (χ0) is 15.4. The number of ether oxygens (including phenoxy) is 1. The monoisotopic (exact) mass is 309 g/mol. The first-order valence-electron chi connectivity index (χ1n) is 5.97. The van der Waals surface area contributed by atoms with Crippen molar-refractivity contribution in [1.82, 2.24) is 0 Å². The maximum Gasteiger partial charge on any atom is 0.159 e. The van der Waals surface area contributed by atoms with Gasteiger partial charge in [0.05, 0.1) is 5.02 Å². The second-order valence-corrected chi connectivity index (χ2v) is 4.63. The van der Waals surface area contributed by atoms with Gasteiger partial charge < -0.3 is 9.84 Å². The Morgan fingerprint density at radius 1 is 1.24 bits per heavy atom. The Kier molecular flexibility index (Phi) is 4.73. The molecule has 1 unspecified atom stereocenters. The van der Waals surface area contributed by atoms with Crippen LogP contribution in [0.15, 0.2) is 36.4 Å². The molecule has 2 aromatic carbocycles. The quantitative estimate of drug-likeness (QED) is 0.938. The standard InChI is InChI=1S/C15H10ClF2NO2/c16-11-2-1-3-15(10(11)7-19)21-8-14(20)9-4-5-12(17)13(18)6-9/h1-6,14,20H,8H2. The molecule has 0 aliphatic rings. The van der Waals surface area contributed by atoms with Gasteiger partial charge >= 0.3 is 0 Å². The lowest BCUT2D eigenvalue weighted by atomic mass is 10.1. The van der Waals surface area contributed by atoms with Crippen molar-refractivity contribution in [1.29, 1.82) is 5.26 Å². The highest BCUT2D eigenvalue weighted by Crippen LogP contribution is 2.26. The zero-order valence-electron chi connectivity index (χ0n) is 10.7. The summed E-state index contributed by atoms with van der Waals surface area (Å²) in [5, 5.41) is 19.1. The Hall–Kier alpha value is -2.16. The summed E-state index contributed by atoms with van der Waals surface area (Å²) in [6.07, 6.45) is -1.16. The van der Waals surface area contributed by atoms with E-state index in [9.17, 15) is 13.9 Å². The van der Waals surface area contributed by atoms with Crippen LogP contribution in [0, 0.1) is 23.0 Å². The largest absolute Gasteiger partial charge is 0.489 e. The molecule has 0 aliphatic carbocycles. The van der Waals surface area contributed by atoms with E-state index in [2.05, 4.69) is 0 Å². The van der Waals surface area contributed by atoms with Gasteiger partial charge in [-0.2, -0.15) is 5.26 Å². The predicted molar refractivity (Wildman–Crippen MR) is 73.0 cm³/mol. The summed E-state index contributed by atoms with van der Waals surface area (Å²) in [5.74, 6) is -1.83. The maximum atomic E-state index is 13.1. The van der Waals surface area contributed by atoms with E-state index in [4.69, 9.17) is 21.6 Å². The van der Waals surface area contributed by atoms with Gasteiger partial charge in [-0.25, -0.2) is 8.78 Å². The molecule has 2 aromatic rings. The number of hydrogen-bond acceptors (Lipinski definition) is 3. The minimum atomic E-state index is -1.16. The van der Waals surface area contributed by atoms with Gasteiger partial charge in [-0.3, -0.25) is 0 Å². The number of benzene rings is 2. The Morgan fingerprint density at radius 2 is 2.00 bits per heavy atom. The van der Waals surface area contributed by atoms with Crippen LogP contribution >= 0.6 is 11.6 Å². The predicted octanol–water partition coefficient (Wildman–Crippen LogP) is 3.60. The van der Waals surface area contributed by atoms with E-state index in [0.29, 0.717) is 0 Å². The molecule has 0 amide bonds. The minimum absolute atomic E-state index is 0.150. The minimum Gasteiger partial charge on any atom is -0.489 e. The topological polar surface area (TPSA) is 53.2 Å². The lowest BCUT2D eigenvalue weighted by Gasteiger charge is -2.14. The van der Waals surface area contributed by atoms with Gasteiger partial charge in [0.25, 0.3) is 0 Å². The fourth-order valence-electron chi connectivity index (χ4n) is 1.72. The normalized spacial score (nSPS) is 11.8. The van der Waals surface area contributed by atoms with Crippen molar-refractivity contribution in [3.05, 3.63) is 64.2 Å². The fourth-order valence-corrected chi connectivity index (χ4v) is 1.93. The first-order valence-corrected chi connectivity index (χ1v) is 6.35. The third kappa shape index (κ3) is 3.48. The molecule has 0 spiro atoms. The summed E-state index contributed by atoms with van der Waals surface area (Å²) in [4.78, 5) is 0. The van der Waals surface area contributed by atoms with E-state index < -0.39 is 17.7 Å². The molecule has 21 heavy (non-hydrogen) atoms.